The van der Waals surface area contributed by atoms with Crippen molar-refractivity contribution in [3.8, 4) is 0 Å². The Bertz CT molecular complexity index is 36.9. The smallest absolute Gasteiger partial charge is 0.0138 e. The molecule has 5 heavy (non-hydrogen) atoms. The van der Waals surface area contributed by atoms with Crippen molar-refractivity contribution in [1.82, 2.24) is 0 Å². The van der Waals surface area contributed by atoms with Crippen molar-refractivity contribution in [3.05, 3.63) is 0 Å². The highest BCUT2D eigenvalue weighted by atomic mass is 127. The molecule has 0 amide bonds. The lowest BCUT2D eigenvalue weighted by Gasteiger charge is -1.64. The second-order valence-corrected chi connectivity index (χ2v) is 3.33. The first-order valence-electron chi connectivity index (χ1n) is 1.95. The van der Waals surface area contributed by atoms with Crippen LogP contribution in [0.1, 0.15) is 13.3 Å². The summed E-state index contributed by atoms with van der Waals surface area (Å²) in [7, 11) is 0. The zero-order valence-electron chi connectivity index (χ0n) is 3.24. The molecule has 0 aromatic carbocycles. The largest absolute Gasteiger partial charge is 0.0823 e. The fourth-order valence-electron chi connectivity index (χ4n) is 0.277. The Balaban J connectivity index is 2.20. The van der Waals surface area contributed by atoms with E-state index in [1.807, 2.05) is 0 Å². The van der Waals surface area contributed by atoms with Crippen LogP contribution in [0, 0.1) is 5.92 Å². The minimum Gasteiger partial charge on any atom is -0.0823 e. The van der Waals surface area contributed by atoms with Crippen LogP contribution in [0.25, 0.3) is 0 Å². The van der Waals surface area contributed by atoms with Crippen LogP contribution in [0.2, 0.25) is 0 Å². The van der Waals surface area contributed by atoms with Crippen molar-refractivity contribution in [2.75, 3.05) is 0 Å². The highest BCUT2D eigenvalue weighted by Gasteiger charge is 2.28. The molecule has 0 bridgehead atoms. The zero-order valence-corrected chi connectivity index (χ0v) is 5.40. The number of halogens is 1. The van der Waals surface area contributed by atoms with Gasteiger partial charge < -0.3 is 0 Å². The summed E-state index contributed by atoms with van der Waals surface area (Å²) in [5.41, 5.74) is 0. The van der Waals surface area contributed by atoms with Gasteiger partial charge in [0.25, 0.3) is 0 Å². The minimum atomic E-state index is 1.02. The SMILES string of the molecule is C[C@@H]1C[C@@H]1I. The molecule has 0 aromatic heterocycles. The summed E-state index contributed by atoms with van der Waals surface area (Å²) in [5.74, 6) is 1.04. The molecule has 1 aliphatic carbocycles. The molecule has 1 aliphatic rings. The Morgan fingerprint density at radius 1 is 1.80 bits per heavy atom. The monoisotopic (exact) mass is 182 g/mol. The van der Waals surface area contributed by atoms with Crippen molar-refractivity contribution >= 4 is 22.6 Å². The molecule has 0 spiro atoms. The van der Waals surface area contributed by atoms with Gasteiger partial charge in [-0.25, -0.2) is 0 Å². The first-order valence-corrected chi connectivity index (χ1v) is 3.19. The molecule has 0 heterocycles. The van der Waals surface area contributed by atoms with Gasteiger partial charge in [0, 0.05) is 3.92 Å². The van der Waals surface area contributed by atoms with Gasteiger partial charge in [-0.1, -0.05) is 29.5 Å². The molecule has 1 heteroatoms. The highest BCUT2D eigenvalue weighted by molar-refractivity contribution is 14.1. The highest BCUT2D eigenvalue weighted by Crippen LogP contribution is 2.36. The van der Waals surface area contributed by atoms with Crippen LogP contribution in [0.5, 0.6) is 0 Å². The Morgan fingerprint density at radius 2 is 2.00 bits per heavy atom. The van der Waals surface area contributed by atoms with E-state index in [0.29, 0.717) is 0 Å². The fourth-order valence-corrected chi connectivity index (χ4v) is 1.08. The average Bonchev–Trinajstić information content (AvgIpc) is 1.79. The molecule has 1 saturated carbocycles. The van der Waals surface area contributed by atoms with E-state index in [1.165, 1.54) is 6.42 Å². The molecule has 0 saturated heterocycles. The van der Waals surface area contributed by atoms with Crippen molar-refractivity contribution < 1.29 is 0 Å². The zero-order chi connectivity index (χ0) is 3.86. The van der Waals surface area contributed by atoms with E-state index < -0.39 is 0 Å². The Labute approximate surface area is 46.1 Å². The summed E-state index contributed by atoms with van der Waals surface area (Å²) < 4.78 is 1.02. The van der Waals surface area contributed by atoms with Crippen molar-refractivity contribution in [2.24, 2.45) is 5.92 Å². The average molecular weight is 182 g/mol. The van der Waals surface area contributed by atoms with E-state index in [4.69, 9.17) is 0 Å². The number of rotatable bonds is 0. The lowest BCUT2D eigenvalue weighted by molar-refractivity contribution is 0.994. The molecule has 0 N–H and O–H groups in total. The summed E-state index contributed by atoms with van der Waals surface area (Å²) in [6.07, 6.45) is 1.46. The molecule has 0 aliphatic heterocycles. The lowest BCUT2D eigenvalue weighted by atomic mass is 10.5. The second kappa shape index (κ2) is 1.10. The molecule has 30 valence electrons. The third-order valence-electron chi connectivity index (χ3n) is 1.01. The maximum absolute atomic E-state index is 2.48. The Kier molecular flexibility index (Phi) is 0.860. The van der Waals surface area contributed by atoms with Crippen LogP contribution in [0.4, 0.5) is 0 Å². The predicted octanol–water partition coefficient (Wildman–Crippen LogP) is 1.83. The van der Waals surface area contributed by atoms with E-state index in [1.54, 1.807) is 0 Å². The predicted molar refractivity (Wildman–Crippen MR) is 31.6 cm³/mol. The van der Waals surface area contributed by atoms with Gasteiger partial charge in [0.1, 0.15) is 0 Å². The van der Waals surface area contributed by atoms with Gasteiger partial charge >= 0.3 is 0 Å². The third-order valence-corrected chi connectivity index (χ3v) is 2.75. The first-order chi connectivity index (χ1) is 2.30. The summed E-state index contributed by atoms with van der Waals surface area (Å²) in [6.45, 7) is 2.29. The maximum Gasteiger partial charge on any atom is 0.0138 e. The van der Waals surface area contributed by atoms with Crippen LogP contribution in [-0.4, -0.2) is 3.92 Å². The quantitative estimate of drug-likeness (QED) is 0.396. The van der Waals surface area contributed by atoms with Crippen molar-refractivity contribution in [1.29, 1.82) is 0 Å². The number of hydrogen-bond acceptors (Lipinski definition) is 0. The third kappa shape index (κ3) is 0.778. The van der Waals surface area contributed by atoms with E-state index >= 15 is 0 Å². The number of alkyl halides is 1. The Morgan fingerprint density at radius 3 is 2.00 bits per heavy atom. The molecule has 1 rings (SSSR count). The molecular formula is C4H7I. The summed E-state index contributed by atoms with van der Waals surface area (Å²) in [4.78, 5) is 0. The van der Waals surface area contributed by atoms with Gasteiger partial charge in [-0.05, 0) is 12.3 Å². The maximum atomic E-state index is 2.48. The van der Waals surface area contributed by atoms with Gasteiger partial charge in [0.15, 0.2) is 0 Å². The van der Waals surface area contributed by atoms with Crippen molar-refractivity contribution in [3.63, 3.8) is 0 Å². The van der Waals surface area contributed by atoms with Crippen molar-refractivity contribution in [2.45, 2.75) is 17.3 Å². The Hall–Kier alpha value is 0.730. The van der Waals surface area contributed by atoms with Gasteiger partial charge in [-0.3, -0.25) is 0 Å². The topological polar surface area (TPSA) is 0 Å². The molecule has 0 radical (unpaired) electrons. The summed E-state index contributed by atoms with van der Waals surface area (Å²) in [5, 5.41) is 0. The molecule has 0 nitrogen and oxygen atoms in total. The molecule has 0 aromatic rings. The normalized spacial score (nSPS) is 49.2. The first kappa shape index (κ1) is 3.90. The van der Waals surface area contributed by atoms with Crippen LogP contribution in [0.3, 0.4) is 0 Å². The minimum absolute atomic E-state index is 1.02. The van der Waals surface area contributed by atoms with E-state index in [0.717, 1.165) is 9.84 Å². The van der Waals surface area contributed by atoms with Gasteiger partial charge in [0.2, 0.25) is 0 Å². The second-order valence-electron chi connectivity index (χ2n) is 1.73. The van der Waals surface area contributed by atoms with Crippen LogP contribution in [-0.2, 0) is 0 Å². The van der Waals surface area contributed by atoms with E-state index in [-0.39, 0.29) is 0 Å². The number of hydrogen-bond donors (Lipinski definition) is 0. The van der Waals surface area contributed by atoms with E-state index in [9.17, 15) is 0 Å². The van der Waals surface area contributed by atoms with Crippen LogP contribution < -0.4 is 0 Å². The summed E-state index contributed by atoms with van der Waals surface area (Å²) in [6, 6.07) is 0. The molecule has 1 fully saturated rings. The van der Waals surface area contributed by atoms with Gasteiger partial charge in [0.05, 0.1) is 0 Å². The van der Waals surface area contributed by atoms with Gasteiger partial charge in [-0.15, -0.1) is 0 Å². The summed E-state index contributed by atoms with van der Waals surface area (Å²) >= 11 is 2.48. The van der Waals surface area contributed by atoms with Crippen LogP contribution >= 0.6 is 22.6 Å². The lowest BCUT2D eigenvalue weighted by Crippen LogP contribution is -1.59. The van der Waals surface area contributed by atoms with Gasteiger partial charge in [-0.2, -0.15) is 0 Å². The molecule has 0 unspecified atom stereocenters. The van der Waals surface area contributed by atoms with E-state index in [2.05, 4.69) is 29.5 Å². The molecule has 2 atom stereocenters. The van der Waals surface area contributed by atoms with Crippen LogP contribution in [0.15, 0.2) is 0 Å². The molecular weight excluding hydrogens is 175 g/mol. The standard InChI is InChI=1S/C4H7I/c1-3-2-4(3)5/h3-4H,2H2,1H3/t3-,4+/m1/s1. The fraction of sp³-hybridized carbons (Fsp3) is 1.00.